The van der Waals surface area contributed by atoms with Crippen LogP contribution in [0.4, 0.5) is 5.69 Å². The Hall–Kier alpha value is -4.27. The van der Waals surface area contributed by atoms with E-state index in [-0.39, 0.29) is 28.8 Å². The summed E-state index contributed by atoms with van der Waals surface area (Å²) >= 11 is 5.82. The highest BCUT2D eigenvalue weighted by Gasteiger charge is 2.16. The van der Waals surface area contributed by atoms with Crippen molar-refractivity contribution in [3.8, 4) is 23.3 Å². The van der Waals surface area contributed by atoms with Crippen molar-refractivity contribution in [3.05, 3.63) is 74.1 Å². The van der Waals surface area contributed by atoms with E-state index < -0.39 is 17.4 Å². The zero-order valence-electron chi connectivity index (χ0n) is 18.1. The number of nitrogens with one attached hydrogen (secondary N) is 1. The third kappa shape index (κ3) is 5.94. The van der Waals surface area contributed by atoms with Gasteiger partial charge in [0, 0.05) is 30.0 Å². The maximum Gasteiger partial charge on any atom is 0.288 e. The van der Waals surface area contributed by atoms with Crippen molar-refractivity contribution < 1.29 is 23.6 Å². The van der Waals surface area contributed by atoms with Crippen LogP contribution in [0.15, 0.2) is 45.9 Å². The molecular formula is C22H18ClN5O6. The van der Waals surface area contributed by atoms with Crippen LogP contribution in [0.2, 0.25) is 5.02 Å². The Labute approximate surface area is 198 Å². The van der Waals surface area contributed by atoms with Crippen molar-refractivity contribution in [1.82, 2.24) is 10.4 Å². The highest BCUT2D eigenvalue weighted by atomic mass is 35.5. The number of methoxy groups -OCH3 is 1. The van der Waals surface area contributed by atoms with Crippen LogP contribution in [0, 0.1) is 28.4 Å². The minimum atomic E-state index is -0.586. The third-order valence-electron chi connectivity index (χ3n) is 4.38. The number of nitro groups is 1. The lowest BCUT2D eigenvalue weighted by Gasteiger charge is -2.10. The van der Waals surface area contributed by atoms with Crippen molar-refractivity contribution in [2.24, 2.45) is 5.10 Å². The zero-order valence-corrected chi connectivity index (χ0v) is 18.8. The van der Waals surface area contributed by atoms with Crippen molar-refractivity contribution >= 4 is 29.4 Å². The molecule has 0 radical (unpaired) electrons. The SMILES string of the molecule is COCc1cc(C)nc(OCC(=O)N/N=C\c2ccc(-c3ccc(Cl)c([N+](=O)[O-])c3)o2)c1C#N. The Kier molecular flexibility index (Phi) is 7.92. The quantitative estimate of drug-likeness (QED) is 0.274. The number of halogens is 1. The van der Waals surface area contributed by atoms with Gasteiger partial charge in [-0.25, -0.2) is 10.4 Å². The van der Waals surface area contributed by atoms with Crippen molar-refractivity contribution in [3.63, 3.8) is 0 Å². The minimum Gasteiger partial charge on any atom is -0.467 e. The van der Waals surface area contributed by atoms with Gasteiger partial charge in [0.05, 0.1) is 17.7 Å². The molecule has 3 rings (SSSR count). The number of amides is 1. The molecule has 0 aliphatic rings. The molecular weight excluding hydrogens is 466 g/mol. The van der Waals surface area contributed by atoms with Crippen LogP contribution in [-0.2, 0) is 16.1 Å². The summed E-state index contributed by atoms with van der Waals surface area (Å²) in [7, 11) is 1.50. The van der Waals surface area contributed by atoms with Gasteiger partial charge in [0.15, 0.2) is 6.61 Å². The van der Waals surface area contributed by atoms with Gasteiger partial charge in [0.25, 0.3) is 11.6 Å². The van der Waals surface area contributed by atoms with Crippen LogP contribution in [0.25, 0.3) is 11.3 Å². The molecule has 11 nitrogen and oxygen atoms in total. The molecule has 0 spiro atoms. The van der Waals surface area contributed by atoms with Gasteiger partial charge in [0.1, 0.15) is 28.2 Å². The van der Waals surface area contributed by atoms with Crippen LogP contribution in [-0.4, -0.2) is 35.7 Å². The number of pyridine rings is 1. The standard InChI is InChI=1S/C22H18ClN5O6/c1-13-7-15(11-32-2)17(9-24)22(26-13)33-12-21(29)27-25-10-16-4-6-20(34-16)14-3-5-18(23)19(8-14)28(30)31/h3-8,10H,11-12H2,1-2H3,(H,27,29)/b25-10-. The first-order valence-electron chi connectivity index (χ1n) is 9.70. The maximum atomic E-state index is 12.1. The number of benzene rings is 1. The summed E-state index contributed by atoms with van der Waals surface area (Å²) in [5.74, 6) is 0.0979. The molecule has 12 heteroatoms. The molecule has 0 bridgehead atoms. The number of ether oxygens (including phenoxy) is 2. The van der Waals surface area contributed by atoms with Crippen molar-refractivity contribution in [2.45, 2.75) is 13.5 Å². The van der Waals surface area contributed by atoms with Gasteiger partial charge >= 0.3 is 0 Å². The molecule has 0 fully saturated rings. The number of furan rings is 1. The number of carbonyl (C=O) groups excluding carboxylic acids is 1. The van der Waals surface area contributed by atoms with E-state index in [9.17, 15) is 20.2 Å². The molecule has 3 aromatic rings. The molecule has 1 N–H and O–H groups in total. The monoisotopic (exact) mass is 483 g/mol. The van der Waals surface area contributed by atoms with E-state index in [1.807, 2.05) is 6.07 Å². The summed E-state index contributed by atoms with van der Waals surface area (Å²) in [5.41, 5.74) is 3.90. The number of aromatic nitrogens is 1. The van der Waals surface area contributed by atoms with Crippen LogP contribution in [0.1, 0.15) is 22.6 Å². The van der Waals surface area contributed by atoms with E-state index in [1.165, 1.54) is 25.5 Å². The van der Waals surface area contributed by atoms with Crippen molar-refractivity contribution in [2.75, 3.05) is 13.7 Å². The smallest absolute Gasteiger partial charge is 0.288 e. The van der Waals surface area contributed by atoms with E-state index in [4.69, 9.17) is 25.5 Å². The van der Waals surface area contributed by atoms with Gasteiger partial charge in [-0.15, -0.1) is 0 Å². The second kappa shape index (κ2) is 11.0. The summed E-state index contributed by atoms with van der Waals surface area (Å²) in [5, 5.41) is 24.3. The van der Waals surface area contributed by atoms with Gasteiger partial charge < -0.3 is 13.9 Å². The van der Waals surface area contributed by atoms with E-state index in [2.05, 4.69) is 15.5 Å². The summed E-state index contributed by atoms with van der Waals surface area (Å²) in [6, 6.07) is 11.2. The fourth-order valence-corrected chi connectivity index (χ4v) is 3.11. The predicted octanol–water partition coefficient (Wildman–Crippen LogP) is 3.76. The lowest BCUT2D eigenvalue weighted by atomic mass is 10.1. The summed E-state index contributed by atoms with van der Waals surface area (Å²) in [4.78, 5) is 26.7. The normalized spacial score (nSPS) is 10.8. The van der Waals surface area contributed by atoms with E-state index in [0.29, 0.717) is 28.3 Å². The second-order valence-corrected chi connectivity index (χ2v) is 7.26. The van der Waals surface area contributed by atoms with Gasteiger partial charge in [-0.1, -0.05) is 11.6 Å². The topological polar surface area (TPSA) is 153 Å². The second-order valence-electron chi connectivity index (χ2n) is 6.85. The molecule has 0 aliphatic carbocycles. The molecule has 34 heavy (non-hydrogen) atoms. The van der Waals surface area contributed by atoms with Crippen LogP contribution < -0.4 is 10.2 Å². The van der Waals surface area contributed by atoms with Crippen molar-refractivity contribution in [1.29, 1.82) is 5.26 Å². The highest BCUT2D eigenvalue weighted by molar-refractivity contribution is 6.32. The van der Waals surface area contributed by atoms with E-state index >= 15 is 0 Å². The van der Waals surface area contributed by atoms with Gasteiger partial charge in [-0.05, 0) is 37.3 Å². The average Bonchev–Trinajstić information content (AvgIpc) is 3.26. The Morgan fingerprint density at radius 2 is 2.18 bits per heavy atom. The highest BCUT2D eigenvalue weighted by Crippen LogP contribution is 2.31. The Morgan fingerprint density at radius 1 is 1.38 bits per heavy atom. The third-order valence-corrected chi connectivity index (χ3v) is 4.70. The molecule has 0 aliphatic heterocycles. The number of rotatable bonds is 9. The maximum absolute atomic E-state index is 12.1. The van der Waals surface area contributed by atoms with Gasteiger partial charge in [0.2, 0.25) is 5.88 Å². The average molecular weight is 484 g/mol. The molecule has 1 amide bonds. The molecule has 2 aromatic heterocycles. The largest absolute Gasteiger partial charge is 0.467 e. The fourth-order valence-electron chi connectivity index (χ4n) is 2.92. The molecule has 0 unspecified atom stereocenters. The molecule has 0 saturated carbocycles. The number of hydrazone groups is 1. The predicted molar refractivity (Wildman–Crippen MR) is 121 cm³/mol. The first-order chi connectivity index (χ1) is 16.3. The molecule has 0 atom stereocenters. The number of hydrogen-bond donors (Lipinski definition) is 1. The van der Waals surface area contributed by atoms with E-state index in [0.717, 1.165) is 0 Å². The first-order valence-corrected chi connectivity index (χ1v) is 10.1. The van der Waals surface area contributed by atoms with Crippen LogP contribution >= 0.6 is 11.6 Å². The van der Waals surface area contributed by atoms with Gasteiger partial charge in [-0.2, -0.15) is 10.4 Å². The van der Waals surface area contributed by atoms with Gasteiger partial charge in [-0.3, -0.25) is 14.9 Å². The minimum absolute atomic E-state index is 0.0182. The summed E-state index contributed by atoms with van der Waals surface area (Å²) in [6.07, 6.45) is 1.26. The molecule has 174 valence electrons. The Morgan fingerprint density at radius 3 is 2.88 bits per heavy atom. The zero-order chi connectivity index (χ0) is 24.7. The Balaban J connectivity index is 1.61. The number of nitro benzene ring substituents is 1. The summed E-state index contributed by atoms with van der Waals surface area (Å²) in [6.45, 7) is 1.51. The number of carbonyl (C=O) groups is 1. The fraction of sp³-hybridized carbons (Fsp3) is 0.182. The Bertz CT molecular complexity index is 1300. The number of nitrogens with zero attached hydrogens (tertiary/aromatic N) is 4. The van der Waals surface area contributed by atoms with Crippen LogP contribution in [0.3, 0.4) is 0 Å². The first kappa shape index (κ1) is 24.4. The van der Waals surface area contributed by atoms with Crippen LogP contribution in [0.5, 0.6) is 5.88 Å². The molecule has 1 aromatic carbocycles. The molecule has 2 heterocycles. The lowest BCUT2D eigenvalue weighted by molar-refractivity contribution is -0.384. The number of aryl methyl sites for hydroxylation is 1. The number of nitriles is 1. The van der Waals surface area contributed by atoms with E-state index in [1.54, 1.807) is 31.2 Å². The summed E-state index contributed by atoms with van der Waals surface area (Å²) < 4.78 is 16.1. The lowest BCUT2D eigenvalue weighted by Crippen LogP contribution is -2.25. The molecule has 0 saturated heterocycles. The number of hydrogen-bond acceptors (Lipinski definition) is 9.